The van der Waals surface area contributed by atoms with Gasteiger partial charge in [0.05, 0.1) is 6.54 Å². The van der Waals surface area contributed by atoms with Gasteiger partial charge in [-0.3, -0.25) is 9.59 Å². The van der Waals surface area contributed by atoms with Crippen LogP contribution in [-0.2, 0) is 11.3 Å². The summed E-state index contributed by atoms with van der Waals surface area (Å²) in [6.07, 6.45) is 0. The van der Waals surface area contributed by atoms with E-state index in [4.69, 9.17) is 5.73 Å². The van der Waals surface area contributed by atoms with Crippen LogP contribution >= 0.6 is 23.7 Å². The average molecular weight is 383 g/mol. The van der Waals surface area contributed by atoms with Crippen LogP contribution in [0.4, 0.5) is 5.69 Å². The number of likely N-dealkylation sites (N-methyl/N-ethyl adjacent to an activating group) is 1. The highest BCUT2D eigenvalue weighted by Crippen LogP contribution is 2.21. The molecule has 3 N–H and O–H groups in total. The molecule has 1 aromatic carbocycles. The van der Waals surface area contributed by atoms with Crippen molar-refractivity contribution in [1.82, 2.24) is 9.88 Å². The molecule has 25 heavy (non-hydrogen) atoms. The van der Waals surface area contributed by atoms with E-state index in [1.165, 1.54) is 16.2 Å². The Morgan fingerprint density at radius 1 is 1.24 bits per heavy atom. The Labute approximate surface area is 157 Å². The summed E-state index contributed by atoms with van der Waals surface area (Å²) in [5.74, 6) is -0.534. The number of anilines is 1. The number of hydrogen-bond donors (Lipinski definition) is 2. The second-order valence-electron chi connectivity index (χ2n) is 5.81. The van der Waals surface area contributed by atoms with Gasteiger partial charge >= 0.3 is 0 Å². The molecule has 2 amide bonds. The third-order valence-corrected chi connectivity index (χ3v) is 4.49. The van der Waals surface area contributed by atoms with Crippen LogP contribution in [0.25, 0.3) is 0 Å². The van der Waals surface area contributed by atoms with Gasteiger partial charge in [-0.1, -0.05) is 17.7 Å². The van der Waals surface area contributed by atoms with Crippen molar-refractivity contribution < 1.29 is 9.59 Å². The minimum Gasteiger partial charge on any atom is -0.331 e. The van der Waals surface area contributed by atoms with Gasteiger partial charge in [0.15, 0.2) is 0 Å². The number of nitrogens with two attached hydrogens (primary N) is 1. The minimum atomic E-state index is -0.293. The maximum Gasteiger partial charge on any atom is 0.273 e. The summed E-state index contributed by atoms with van der Waals surface area (Å²) in [6, 6.07) is 4.03. The monoisotopic (exact) mass is 382 g/mol. The van der Waals surface area contributed by atoms with Gasteiger partial charge in [-0.25, -0.2) is 4.98 Å². The molecule has 0 saturated carbocycles. The number of hydrogen-bond acceptors (Lipinski definition) is 5. The standard InChI is InChI=1S/C17H22N4O2S.ClH/c1-10-5-11(2)16(12(3)6-10)20-14(22)8-21(4)17(23)13-9-24-15(7-18)19-13;/h5-6,9H,7-8,18H2,1-4H3,(H,20,22);1H. The van der Waals surface area contributed by atoms with Gasteiger partial charge in [0.1, 0.15) is 10.7 Å². The number of nitrogens with zero attached hydrogens (tertiary/aromatic N) is 2. The van der Waals surface area contributed by atoms with Gasteiger partial charge in [-0.05, 0) is 31.9 Å². The predicted molar refractivity (Wildman–Crippen MR) is 103 cm³/mol. The fourth-order valence-corrected chi connectivity index (χ4v) is 3.19. The number of benzene rings is 1. The lowest BCUT2D eigenvalue weighted by Gasteiger charge is -2.17. The topological polar surface area (TPSA) is 88.3 Å². The Bertz CT molecular complexity index is 753. The van der Waals surface area contributed by atoms with E-state index in [-0.39, 0.29) is 30.8 Å². The molecule has 0 fully saturated rings. The lowest BCUT2D eigenvalue weighted by molar-refractivity contribution is -0.116. The average Bonchev–Trinajstić information content (AvgIpc) is 2.99. The van der Waals surface area contributed by atoms with Crippen LogP contribution in [0.2, 0.25) is 0 Å². The fraction of sp³-hybridized carbons (Fsp3) is 0.353. The van der Waals surface area contributed by atoms with E-state index >= 15 is 0 Å². The first-order chi connectivity index (χ1) is 11.3. The van der Waals surface area contributed by atoms with Crippen molar-refractivity contribution in [3.63, 3.8) is 0 Å². The fourth-order valence-electron chi connectivity index (χ4n) is 2.54. The molecule has 0 radical (unpaired) electrons. The van der Waals surface area contributed by atoms with E-state index in [1.807, 2.05) is 32.9 Å². The largest absolute Gasteiger partial charge is 0.331 e. The zero-order valence-corrected chi connectivity index (χ0v) is 16.4. The van der Waals surface area contributed by atoms with Crippen LogP contribution in [0, 0.1) is 20.8 Å². The van der Waals surface area contributed by atoms with Crippen molar-refractivity contribution in [2.24, 2.45) is 5.73 Å². The summed E-state index contributed by atoms with van der Waals surface area (Å²) >= 11 is 1.34. The molecule has 2 rings (SSSR count). The molecule has 1 heterocycles. The summed E-state index contributed by atoms with van der Waals surface area (Å²) in [5, 5.41) is 5.25. The molecule has 1 aromatic heterocycles. The van der Waals surface area contributed by atoms with Gasteiger partial charge < -0.3 is 16.0 Å². The molecular weight excluding hydrogens is 360 g/mol. The zero-order chi connectivity index (χ0) is 17.9. The van der Waals surface area contributed by atoms with Crippen LogP contribution in [0.5, 0.6) is 0 Å². The Hall–Kier alpha value is -1.96. The summed E-state index contributed by atoms with van der Waals surface area (Å²) in [7, 11) is 1.58. The van der Waals surface area contributed by atoms with E-state index in [0.29, 0.717) is 17.2 Å². The number of amides is 2. The van der Waals surface area contributed by atoms with Gasteiger partial charge in [0.2, 0.25) is 5.91 Å². The van der Waals surface area contributed by atoms with Crippen molar-refractivity contribution >= 4 is 41.2 Å². The molecule has 136 valence electrons. The van der Waals surface area contributed by atoms with E-state index in [1.54, 1.807) is 12.4 Å². The molecule has 0 aliphatic heterocycles. The van der Waals surface area contributed by atoms with Crippen LogP contribution in [0.15, 0.2) is 17.5 Å². The third-order valence-electron chi connectivity index (χ3n) is 3.61. The van der Waals surface area contributed by atoms with Crippen LogP contribution in [0.3, 0.4) is 0 Å². The van der Waals surface area contributed by atoms with Crippen molar-refractivity contribution in [3.05, 3.63) is 44.9 Å². The number of carbonyl (C=O) groups excluding carboxylic acids is 2. The molecule has 0 saturated heterocycles. The lowest BCUT2D eigenvalue weighted by Crippen LogP contribution is -2.35. The molecule has 6 nitrogen and oxygen atoms in total. The number of aromatic nitrogens is 1. The first-order valence-corrected chi connectivity index (χ1v) is 8.47. The zero-order valence-electron chi connectivity index (χ0n) is 14.8. The number of aryl methyl sites for hydroxylation is 3. The minimum absolute atomic E-state index is 0. The van der Waals surface area contributed by atoms with Crippen LogP contribution < -0.4 is 11.1 Å². The Balaban J connectivity index is 0.00000312. The van der Waals surface area contributed by atoms with E-state index in [0.717, 1.165) is 22.4 Å². The molecule has 0 spiro atoms. The molecule has 0 unspecified atom stereocenters. The maximum atomic E-state index is 12.3. The summed E-state index contributed by atoms with van der Waals surface area (Å²) in [5.41, 5.74) is 9.77. The van der Waals surface area contributed by atoms with Crippen molar-refractivity contribution in [3.8, 4) is 0 Å². The third kappa shape index (κ3) is 5.26. The molecule has 0 atom stereocenters. The predicted octanol–water partition coefficient (Wildman–Crippen LogP) is 2.66. The van der Waals surface area contributed by atoms with Crippen molar-refractivity contribution in [2.75, 3.05) is 18.9 Å². The highest BCUT2D eigenvalue weighted by Gasteiger charge is 2.18. The van der Waals surface area contributed by atoms with Crippen LogP contribution in [-0.4, -0.2) is 35.3 Å². The maximum absolute atomic E-state index is 12.3. The van der Waals surface area contributed by atoms with Gasteiger partial charge in [0.25, 0.3) is 5.91 Å². The number of thiazole rings is 1. The number of carbonyl (C=O) groups is 2. The quantitative estimate of drug-likeness (QED) is 0.832. The van der Waals surface area contributed by atoms with Crippen LogP contribution in [0.1, 0.15) is 32.2 Å². The molecular formula is C17H23ClN4O2S. The van der Waals surface area contributed by atoms with Crippen molar-refractivity contribution in [1.29, 1.82) is 0 Å². The van der Waals surface area contributed by atoms with Gasteiger partial charge in [-0.15, -0.1) is 23.7 Å². The van der Waals surface area contributed by atoms with E-state index in [2.05, 4.69) is 10.3 Å². The first-order valence-electron chi connectivity index (χ1n) is 7.59. The van der Waals surface area contributed by atoms with Gasteiger partial charge in [-0.2, -0.15) is 0 Å². The molecule has 0 aliphatic rings. The Morgan fingerprint density at radius 3 is 2.36 bits per heavy atom. The first kappa shape index (κ1) is 21.1. The molecule has 8 heteroatoms. The SMILES string of the molecule is Cc1cc(C)c(NC(=O)CN(C)C(=O)c2csc(CN)n2)c(C)c1.Cl. The molecule has 2 aromatic rings. The van der Waals surface area contributed by atoms with Crippen molar-refractivity contribution in [2.45, 2.75) is 27.3 Å². The normalized spacial score (nSPS) is 10.1. The smallest absolute Gasteiger partial charge is 0.273 e. The summed E-state index contributed by atoms with van der Waals surface area (Å²) < 4.78 is 0. The second-order valence-corrected chi connectivity index (χ2v) is 6.76. The number of rotatable bonds is 5. The number of halogens is 1. The molecule has 0 aliphatic carbocycles. The highest BCUT2D eigenvalue weighted by molar-refractivity contribution is 7.09. The van der Waals surface area contributed by atoms with E-state index < -0.39 is 0 Å². The number of nitrogens with one attached hydrogen (secondary N) is 1. The second kappa shape index (κ2) is 8.94. The summed E-state index contributed by atoms with van der Waals surface area (Å²) in [4.78, 5) is 30.1. The lowest BCUT2D eigenvalue weighted by atomic mass is 10.1. The Morgan fingerprint density at radius 2 is 1.84 bits per heavy atom. The highest BCUT2D eigenvalue weighted by atomic mass is 35.5. The van der Waals surface area contributed by atoms with E-state index in [9.17, 15) is 9.59 Å². The van der Waals surface area contributed by atoms with Gasteiger partial charge in [0, 0.05) is 24.7 Å². The molecule has 0 bridgehead atoms. The summed E-state index contributed by atoms with van der Waals surface area (Å²) in [6.45, 7) is 6.18. The Kier molecular flexibility index (Phi) is 7.54.